The molecule has 7 heteroatoms. The second-order valence-corrected chi connectivity index (χ2v) is 7.60. The van der Waals surface area contributed by atoms with Crippen molar-refractivity contribution < 1.29 is 13.5 Å². The van der Waals surface area contributed by atoms with Crippen molar-refractivity contribution in [2.75, 3.05) is 27.2 Å². The number of hydrogen-bond donors (Lipinski definition) is 2. The van der Waals surface area contributed by atoms with Crippen molar-refractivity contribution in [3.63, 3.8) is 0 Å². The fourth-order valence-electron chi connectivity index (χ4n) is 4.02. The van der Waals surface area contributed by atoms with E-state index in [1.54, 1.807) is 12.1 Å². The summed E-state index contributed by atoms with van der Waals surface area (Å²) in [6, 6.07) is 11.1. The Hall–Kier alpha value is -3.63. The Morgan fingerprint density at radius 1 is 0.933 bits per heavy atom. The molecule has 0 saturated carbocycles. The minimum Gasteiger partial charge on any atom is -0.488 e. The number of rotatable bonds is 4. The molecule has 0 amide bonds. The predicted molar refractivity (Wildman–Crippen MR) is 114 cm³/mol. The van der Waals surface area contributed by atoms with Gasteiger partial charge in [-0.15, -0.1) is 0 Å². The van der Waals surface area contributed by atoms with Crippen LogP contribution in [0.1, 0.15) is 5.56 Å². The van der Waals surface area contributed by atoms with Gasteiger partial charge in [0.2, 0.25) is 0 Å². The van der Waals surface area contributed by atoms with Gasteiger partial charge >= 0.3 is 0 Å². The van der Waals surface area contributed by atoms with Gasteiger partial charge in [-0.05, 0) is 50.5 Å². The molecular weight excluding hydrogens is 386 g/mol. The summed E-state index contributed by atoms with van der Waals surface area (Å²) < 4.78 is 34.2. The number of aromatic nitrogens is 2. The van der Waals surface area contributed by atoms with Crippen LogP contribution in [0.15, 0.2) is 36.4 Å². The van der Waals surface area contributed by atoms with Crippen LogP contribution < -0.4 is 4.74 Å². The van der Waals surface area contributed by atoms with E-state index < -0.39 is 11.6 Å². The van der Waals surface area contributed by atoms with Gasteiger partial charge < -0.3 is 19.6 Å². The van der Waals surface area contributed by atoms with Gasteiger partial charge in [0.1, 0.15) is 24.3 Å². The third-order valence-electron chi connectivity index (χ3n) is 5.37. The number of nitriles is 1. The van der Waals surface area contributed by atoms with Gasteiger partial charge in [0.25, 0.3) is 0 Å². The molecule has 0 aliphatic carbocycles. The number of likely N-dealkylation sites (N-methyl/N-ethyl adjacent to an activating group) is 1. The van der Waals surface area contributed by atoms with Crippen LogP contribution in [-0.2, 0) is 0 Å². The number of nitrogens with one attached hydrogen (secondary N) is 2. The zero-order chi connectivity index (χ0) is 21.0. The molecule has 2 N–H and O–H groups in total. The molecule has 0 atom stereocenters. The first-order valence-electron chi connectivity index (χ1n) is 9.53. The van der Waals surface area contributed by atoms with Crippen molar-refractivity contribution in [1.82, 2.24) is 14.9 Å². The molecule has 5 rings (SSSR count). The van der Waals surface area contributed by atoms with E-state index in [0.29, 0.717) is 68.1 Å². The quantitative estimate of drug-likeness (QED) is 0.441. The molecule has 0 bridgehead atoms. The number of H-pyrrole nitrogens is 2. The van der Waals surface area contributed by atoms with Gasteiger partial charge in [0.15, 0.2) is 5.75 Å². The Balaban J connectivity index is 1.96. The first kappa shape index (κ1) is 18.4. The SMILES string of the molecule is CN(C)CCOc1c2[nH]c3ccc(F)cc3c2c(C#N)c2c1[nH]c1ccc(F)cc12. The number of ether oxygens (including phenoxy) is 1. The van der Waals surface area contributed by atoms with Crippen LogP contribution in [0.25, 0.3) is 43.6 Å². The molecule has 5 aromatic rings. The highest BCUT2D eigenvalue weighted by molar-refractivity contribution is 6.24. The summed E-state index contributed by atoms with van der Waals surface area (Å²) in [5, 5.41) is 12.4. The van der Waals surface area contributed by atoms with Crippen molar-refractivity contribution >= 4 is 43.6 Å². The molecule has 2 aromatic heterocycles. The fraction of sp³-hybridized carbons (Fsp3) is 0.174. The van der Waals surface area contributed by atoms with E-state index in [4.69, 9.17) is 4.74 Å². The third kappa shape index (κ3) is 2.69. The fourth-order valence-corrected chi connectivity index (χ4v) is 4.02. The van der Waals surface area contributed by atoms with E-state index in [-0.39, 0.29) is 0 Å². The number of nitrogens with zero attached hydrogens (tertiary/aromatic N) is 2. The Kier molecular flexibility index (Phi) is 4.12. The molecule has 0 aliphatic heterocycles. The Bertz CT molecular complexity index is 1390. The molecule has 3 aromatic carbocycles. The summed E-state index contributed by atoms with van der Waals surface area (Å²) in [7, 11) is 3.90. The summed E-state index contributed by atoms with van der Waals surface area (Å²) in [6.45, 7) is 1.10. The van der Waals surface area contributed by atoms with Gasteiger partial charge in [-0.25, -0.2) is 8.78 Å². The highest BCUT2D eigenvalue weighted by atomic mass is 19.1. The lowest BCUT2D eigenvalue weighted by Crippen LogP contribution is -2.19. The molecule has 0 spiro atoms. The zero-order valence-corrected chi connectivity index (χ0v) is 16.4. The van der Waals surface area contributed by atoms with Gasteiger partial charge in [-0.1, -0.05) is 0 Å². The summed E-state index contributed by atoms with van der Waals surface area (Å²) >= 11 is 0. The number of fused-ring (bicyclic) bond motifs is 6. The van der Waals surface area contributed by atoms with E-state index in [1.807, 2.05) is 19.0 Å². The number of benzene rings is 3. The number of halogens is 2. The van der Waals surface area contributed by atoms with Crippen molar-refractivity contribution in [3.8, 4) is 11.8 Å². The number of aromatic amines is 2. The maximum atomic E-state index is 14.0. The molecule has 5 nitrogen and oxygen atoms in total. The second kappa shape index (κ2) is 6.71. The van der Waals surface area contributed by atoms with Crippen LogP contribution in [0.4, 0.5) is 8.78 Å². The average molecular weight is 404 g/mol. The largest absolute Gasteiger partial charge is 0.488 e. The smallest absolute Gasteiger partial charge is 0.167 e. The standard InChI is InChI=1S/C23H18F2N4O/c1-29(2)7-8-30-23-21-19(14-9-12(24)3-5-17(14)27-21)16(11-26)20-15-10-13(25)4-6-18(15)28-22(20)23/h3-6,9-10,27-28H,7-8H2,1-2H3. The molecule has 150 valence electrons. The summed E-state index contributed by atoms with van der Waals surface area (Å²) in [4.78, 5) is 8.57. The first-order chi connectivity index (χ1) is 14.5. The highest BCUT2D eigenvalue weighted by Gasteiger charge is 2.23. The maximum absolute atomic E-state index is 14.0. The molecule has 0 unspecified atom stereocenters. The van der Waals surface area contributed by atoms with Crippen LogP contribution in [0.5, 0.6) is 5.75 Å². The third-order valence-corrected chi connectivity index (χ3v) is 5.37. The molecule has 30 heavy (non-hydrogen) atoms. The van der Waals surface area contributed by atoms with Crippen molar-refractivity contribution in [2.24, 2.45) is 0 Å². The van der Waals surface area contributed by atoms with Crippen LogP contribution in [-0.4, -0.2) is 42.1 Å². The normalized spacial score (nSPS) is 11.9. The number of hydrogen-bond acceptors (Lipinski definition) is 3. The van der Waals surface area contributed by atoms with Gasteiger partial charge in [0.05, 0.1) is 16.6 Å². The van der Waals surface area contributed by atoms with E-state index in [2.05, 4.69) is 16.0 Å². The van der Waals surface area contributed by atoms with Crippen LogP contribution in [0.3, 0.4) is 0 Å². The minimum atomic E-state index is -0.396. The van der Waals surface area contributed by atoms with Gasteiger partial charge in [-0.3, -0.25) is 0 Å². The minimum absolute atomic E-state index is 0.355. The topological polar surface area (TPSA) is 67.8 Å². The van der Waals surface area contributed by atoms with E-state index >= 15 is 0 Å². The van der Waals surface area contributed by atoms with Crippen LogP contribution in [0.2, 0.25) is 0 Å². The monoisotopic (exact) mass is 404 g/mol. The van der Waals surface area contributed by atoms with Crippen LogP contribution >= 0.6 is 0 Å². The predicted octanol–water partition coefficient (Wildman–Crippen LogP) is 5.05. The summed E-state index contributed by atoms with van der Waals surface area (Å²) in [6.07, 6.45) is 0. The Labute approximate surface area is 170 Å². The zero-order valence-electron chi connectivity index (χ0n) is 16.4. The van der Waals surface area contributed by atoms with E-state index in [1.165, 1.54) is 24.3 Å². The lowest BCUT2D eigenvalue weighted by atomic mass is 10.00. The maximum Gasteiger partial charge on any atom is 0.167 e. The Morgan fingerprint density at radius 3 is 1.93 bits per heavy atom. The second-order valence-electron chi connectivity index (χ2n) is 7.60. The molecular formula is C23H18F2N4O. The molecule has 0 fully saturated rings. The first-order valence-corrected chi connectivity index (χ1v) is 9.53. The van der Waals surface area contributed by atoms with Crippen LogP contribution in [0, 0.1) is 23.0 Å². The molecule has 2 heterocycles. The lowest BCUT2D eigenvalue weighted by molar-refractivity contribution is 0.265. The van der Waals surface area contributed by atoms with Gasteiger partial charge in [0, 0.05) is 39.1 Å². The van der Waals surface area contributed by atoms with Crippen molar-refractivity contribution in [3.05, 3.63) is 53.6 Å². The van der Waals surface area contributed by atoms with Crippen molar-refractivity contribution in [1.29, 1.82) is 5.26 Å². The molecule has 0 radical (unpaired) electrons. The summed E-state index contributed by atoms with van der Waals surface area (Å²) in [5.74, 6) is -0.256. The molecule has 0 aliphatic rings. The average Bonchev–Trinajstić information content (AvgIpc) is 3.26. The summed E-state index contributed by atoms with van der Waals surface area (Å²) in [5.41, 5.74) is 2.98. The van der Waals surface area contributed by atoms with E-state index in [9.17, 15) is 14.0 Å². The lowest BCUT2D eigenvalue weighted by Gasteiger charge is -2.13. The highest BCUT2D eigenvalue weighted by Crippen LogP contribution is 2.44. The van der Waals surface area contributed by atoms with Gasteiger partial charge in [-0.2, -0.15) is 5.26 Å². The van der Waals surface area contributed by atoms with Crippen molar-refractivity contribution in [2.45, 2.75) is 0 Å². The van der Waals surface area contributed by atoms with E-state index in [0.717, 1.165) is 0 Å². The Morgan fingerprint density at radius 2 is 1.47 bits per heavy atom. The molecule has 0 saturated heterocycles.